The summed E-state index contributed by atoms with van der Waals surface area (Å²) in [5.74, 6) is -0.452. The average Bonchev–Trinajstić information content (AvgIpc) is 2.85. The predicted molar refractivity (Wildman–Crippen MR) is 79.3 cm³/mol. The Kier molecular flexibility index (Phi) is 6.30. The molecule has 0 aliphatic carbocycles. The van der Waals surface area contributed by atoms with E-state index in [4.69, 9.17) is 5.73 Å². The number of nitrogens with zero attached hydrogens (tertiary/aromatic N) is 1. The predicted octanol–water partition coefficient (Wildman–Crippen LogP) is 0.765. The summed E-state index contributed by atoms with van der Waals surface area (Å²) >= 11 is -2.70. The summed E-state index contributed by atoms with van der Waals surface area (Å²) in [4.78, 5) is 37.3. The Hall–Kier alpha value is -0.780. The van der Waals surface area contributed by atoms with Crippen LogP contribution >= 0.6 is 0 Å². The number of hydrogen-bond acceptors (Lipinski definition) is 3. The number of rotatable bonds is 6. The van der Waals surface area contributed by atoms with Gasteiger partial charge in [-0.15, -0.1) is 0 Å². The van der Waals surface area contributed by atoms with Crippen molar-refractivity contribution in [1.29, 1.82) is 0 Å². The molecule has 110 valence electrons. The van der Waals surface area contributed by atoms with Crippen molar-refractivity contribution in [1.82, 2.24) is 4.90 Å². The topological polar surface area (TPSA) is 80.5 Å². The maximum atomic E-state index is 12.6. The van der Waals surface area contributed by atoms with E-state index in [9.17, 15) is 14.4 Å². The molecule has 1 rings (SSSR count). The van der Waals surface area contributed by atoms with E-state index in [0.29, 0.717) is 19.5 Å². The Labute approximate surface area is 128 Å². The van der Waals surface area contributed by atoms with Crippen LogP contribution < -0.4 is 5.73 Å². The monoisotopic (exact) mass is 382 g/mol. The molecule has 0 unspecified atom stereocenters. The number of nitrogens with two attached hydrogens (primary N) is 1. The van der Waals surface area contributed by atoms with Crippen molar-refractivity contribution in [2.75, 3.05) is 13.1 Å². The molecule has 0 spiro atoms. The maximum absolute atomic E-state index is 12.6. The molecule has 2 N–H and O–H groups in total. The fourth-order valence-corrected chi connectivity index (χ4v) is 11.6. The number of likely N-dealkylation sites (tertiary alicyclic amines) is 1. The van der Waals surface area contributed by atoms with Gasteiger partial charge in [-0.2, -0.15) is 0 Å². The summed E-state index contributed by atoms with van der Waals surface area (Å²) in [6.45, 7) is 8.41. The molecule has 6 heteroatoms. The van der Waals surface area contributed by atoms with Crippen LogP contribution in [0, 0.1) is 11.8 Å². The van der Waals surface area contributed by atoms with E-state index in [1.54, 1.807) is 4.90 Å². The zero-order valence-electron chi connectivity index (χ0n) is 12.5. The molecular formula is C14H23InN2O3. The van der Waals surface area contributed by atoms with Crippen molar-refractivity contribution >= 4 is 36.8 Å². The van der Waals surface area contributed by atoms with E-state index >= 15 is 0 Å². The van der Waals surface area contributed by atoms with Gasteiger partial charge in [0.25, 0.3) is 0 Å². The Morgan fingerprint density at radius 3 is 2.45 bits per heavy atom. The molecule has 1 aliphatic heterocycles. The first-order chi connectivity index (χ1) is 9.29. The van der Waals surface area contributed by atoms with Gasteiger partial charge in [-0.05, 0) is 0 Å². The summed E-state index contributed by atoms with van der Waals surface area (Å²) in [7, 11) is 0. The first kappa shape index (κ1) is 17.3. The third-order valence-corrected chi connectivity index (χ3v) is 14.2. The third kappa shape index (κ3) is 3.87. The molecule has 0 saturated carbocycles. The second-order valence-electron chi connectivity index (χ2n) is 5.84. The Balaban J connectivity index is 2.73. The molecule has 0 aromatic carbocycles. The molecule has 0 aromatic heterocycles. The first-order valence-corrected chi connectivity index (χ1v) is 13.9. The fourth-order valence-electron chi connectivity index (χ4n) is 3.02. The quantitative estimate of drug-likeness (QED) is 0.689. The summed E-state index contributed by atoms with van der Waals surface area (Å²) in [5, 5.41) is 0. The molecule has 1 aliphatic rings. The zero-order valence-corrected chi connectivity index (χ0v) is 15.8. The van der Waals surface area contributed by atoms with Crippen molar-refractivity contribution in [2.45, 2.75) is 28.6 Å². The van der Waals surface area contributed by atoms with Crippen molar-refractivity contribution in [3.63, 3.8) is 0 Å². The Morgan fingerprint density at radius 2 is 2.00 bits per heavy atom. The van der Waals surface area contributed by atoms with Gasteiger partial charge in [0, 0.05) is 0 Å². The van der Waals surface area contributed by atoms with E-state index in [0.717, 1.165) is 0 Å². The molecule has 2 amide bonds. The Morgan fingerprint density at radius 1 is 1.40 bits per heavy atom. The Bertz CT molecular complexity index is 423. The van der Waals surface area contributed by atoms with Gasteiger partial charge >= 0.3 is 128 Å². The molecule has 1 heterocycles. The summed E-state index contributed by atoms with van der Waals surface area (Å²) in [6.07, 6.45) is 1.98. The van der Waals surface area contributed by atoms with Crippen LogP contribution in [-0.4, -0.2) is 54.8 Å². The van der Waals surface area contributed by atoms with Crippen molar-refractivity contribution in [3.8, 4) is 0 Å². The first-order valence-electron chi connectivity index (χ1n) is 7.04. The molecule has 2 atom stereocenters. The standard InChI is InChI=1S/C8H10NO2.C5H10NO.CH3.In/c1-2-8(11)9-4-3-7(5-9)6-10;1-4(2)3-5(6)7;;/h2,7H,1,3-5H2;3-4H,1-2H3,(H2,6,7);1H3;/t7-;;;/m0.../s1. The van der Waals surface area contributed by atoms with Gasteiger partial charge in [-0.3, -0.25) is 0 Å². The molecule has 0 aromatic rings. The summed E-state index contributed by atoms with van der Waals surface area (Å²) < 4.78 is 1.97. The van der Waals surface area contributed by atoms with Crippen LogP contribution in [0.15, 0.2) is 12.7 Å². The third-order valence-electron chi connectivity index (χ3n) is 4.11. The van der Waals surface area contributed by atoms with Gasteiger partial charge in [0.05, 0.1) is 0 Å². The minimum absolute atomic E-state index is 0.106. The van der Waals surface area contributed by atoms with E-state index < -0.39 is 21.4 Å². The molecule has 0 radical (unpaired) electrons. The van der Waals surface area contributed by atoms with Gasteiger partial charge in [-0.25, -0.2) is 0 Å². The van der Waals surface area contributed by atoms with Gasteiger partial charge in [-0.1, -0.05) is 0 Å². The number of carbonyl (C=O) groups excluding carboxylic acids is 3. The SMILES string of the molecule is C=CC(=O)N1CC[C@H]([C](=O)[In]([CH3])[C@H](C(N)=O)C(C)C)C1. The van der Waals surface area contributed by atoms with Crippen molar-refractivity contribution in [3.05, 3.63) is 12.7 Å². The van der Waals surface area contributed by atoms with Gasteiger partial charge in [0.15, 0.2) is 0 Å². The van der Waals surface area contributed by atoms with Crippen LogP contribution in [0.1, 0.15) is 20.3 Å². The van der Waals surface area contributed by atoms with Crippen LogP contribution in [0.4, 0.5) is 0 Å². The van der Waals surface area contributed by atoms with E-state index in [1.807, 2.05) is 18.5 Å². The van der Waals surface area contributed by atoms with Crippen LogP contribution in [0.2, 0.25) is 8.35 Å². The van der Waals surface area contributed by atoms with Crippen molar-refractivity contribution in [2.24, 2.45) is 17.6 Å². The summed E-state index contributed by atoms with van der Waals surface area (Å²) in [5.41, 5.74) is 5.46. The molecular weight excluding hydrogens is 359 g/mol. The normalized spacial score (nSPS) is 19.8. The number of amides is 2. The van der Waals surface area contributed by atoms with E-state index in [2.05, 4.69) is 6.58 Å². The zero-order chi connectivity index (χ0) is 15.4. The second-order valence-corrected chi connectivity index (χ2v) is 14.0. The van der Waals surface area contributed by atoms with Crippen LogP contribution in [-0.2, 0) is 14.4 Å². The van der Waals surface area contributed by atoms with Crippen LogP contribution in [0.25, 0.3) is 0 Å². The second kappa shape index (κ2) is 7.29. The van der Waals surface area contributed by atoms with Gasteiger partial charge < -0.3 is 0 Å². The number of carbonyl (C=O) groups is 3. The van der Waals surface area contributed by atoms with Crippen LogP contribution in [0.5, 0.6) is 0 Å². The van der Waals surface area contributed by atoms with Crippen LogP contribution in [0.3, 0.4) is 0 Å². The molecule has 0 bridgehead atoms. The molecule has 1 fully saturated rings. The average molecular weight is 382 g/mol. The van der Waals surface area contributed by atoms with E-state index in [-0.39, 0.29) is 30.9 Å². The summed E-state index contributed by atoms with van der Waals surface area (Å²) in [6, 6.07) is 0. The number of hydrogen-bond donors (Lipinski definition) is 1. The fraction of sp³-hybridized carbons (Fsp3) is 0.643. The minimum atomic E-state index is -2.70. The van der Waals surface area contributed by atoms with Gasteiger partial charge in [0.1, 0.15) is 0 Å². The molecule has 1 saturated heterocycles. The van der Waals surface area contributed by atoms with Crippen molar-refractivity contribution < 1.29 is 14.4 Å². The van der Waals surface area contributed by atoms with Gasteiger partial charge in [0.2, 0.25) is 0 Å². The van der Waals surface area contributed by atoms with E-state index in [1.165, 1.54) is 6.08 Å². The number of primary amides is 1. The molecule has 5 nitrogen and oxygen atoms in total. The molecule has 20 heavy (non-hydrogen) atoms.